The molecule has 0 fully saturated rings. The molecule has 0 spiro atoms. The van der Waals surface area contributed by atoms with Crippen LogP contribution in [0.2, 0.25) is 0 Å². The second-order valence-corrected chi connectivity index (χ2v) is 5.34. The molecule has 0 bridgehead atoms. The Kier molecular flexibility index (Phi) is 4.41. The van der Waals surface area contributed by atoms with E-state index in [-0.39, 0.29) is 0 Å². The molecule has 1 N–H and O–H groups in total. The minimum absolute atomic E-state index is 0.465. The van der Waals surface area contributed by atoms with Gasteiger partial charge in [-0.05, 0) is 37.2 Å². The van der Waals surface area contributed by atoms with Crippen LogP contribution in [0.15, 0.2) is 54.6 Å². The van der Waals surface area contributed by atoms with Crippen molar-refractivity contribution in [1.29, 1.82) is 0 Å². The molecule has 110 valence electrons. The molecule has 0 amide bonds. The fourth-order valence-corrected chi connectivity index (χ4v) is 2.95. The van der Waals surface area contributed by atoms with Crippen molar-refractivity contribution in [3.8, 4) is 5.75 Å². The van der Waals surface area contributed by atoms with E-state index in [0.29, 0.717) is 12.6 Å². The average molecular weight is 282 g/mol. The van der Waals surface area contributed by atoms with E-state index < -0.39 is 0 Å². The number of hydrogen-bond donors (Lipinski definition) is 1. The number of ether oxygens (including phenoxy) is 1. The van der Waals surface area contributed by atoms with Crippen LogP contribution in [-0.2, 0) is 0 Å². The van der Waals surface area contributed by atoms with Gasteiger partial charge >= 0.3 is 0 Å². The molecule has 0 saturated carbocycles. The molecule has 21 heavy (non-hydrogen) atoms. The average Bonchev–Trinajstić information content (AvgIpc) is 2.56. The molecule has 0 aliphatic carbocycles. The van der Waals surface area contributed by atoms with E-state index in [9.17, 15) is 0 Å². The Balaban J connectivity index is 1.64. The van der Waals surface area contributed by atoms with Crippen molar-refractivity contribution < 1.29 is 4.74 Å². The zero-order valence-corrected chi connectivity index (χ0v) is 12.5. The Bertz CT molecular complexity index is 570. The fourth-order valence-electron chi connectivity index (χ4n) is 2.95. The van der Waals surface area contributed by atoms with Crippen molar-refractivity contribution in [2.45, 2.75) is 12.5 Å². The van der Waals surface area contributed by atoms with Crippen molar-refractivity contribution in [2.24, 2.45) is 0 Å². The lowest BCUT2D eigenvalue weighted by atomic mass is 9.96. The molecule has 3 rings (SSSR count). The summed E-state index contributed by atoms with van der Waals surface area (Å²) < 4.78 is 5.82. The first-order chi connectivity index (χ1) is 10.4. The summed E-state index contributed by atoms with van der Waals surface area (Å²) in [5, 5.41) is 3.40. The maximum atomic E-state index is 5.82. The van der Waals surface area contributed by atoms with Gasteiger partial charge < -0.3 is 15.0 Å². The summed E-state index contributed by atoms with van der Waals surface area (Å²) in [4.78, 5) is 2.42. The van der Waals surface area contributed by atoms with E-state index in [1.165, 1.54) is 11.3 Å². The van der Waals surface area contributed by atoms with Crippen LogP contribution < -0.4 is 15.0 Å². The Morgan fingerprint density at radius 3 is 2.67 bits per heavy atom. The summed E-state index contributed by atoms with van der Waals surface area (Å²) in [6.07, 6.45) is 1.14. The van der Waals surface area contributed by atoms with E-state index in [4.69, 9.17) is 4.74 Å². The molecule has 1 aliphatic heterocycles. The predicted molar refractivity (Wildman–Crippen MR) is 87.0 cm³/mol. The zero-order chi connectivity index (χ0) is 14.5. The van der Waals surface area contributed by atoms with Crippen molar-refractivity contribution in [2.75, 3.05) is 31.6 Å². The Hall–Kier alpha value is -2.00. The summed E-state index contributed by atoms with van der Waals surface area (Å²) in [6.45, 7) is 2.70. The lowest BCUT2D eigenvalue weighted by Crippen LogP contribution is -2.37. The quantitative estimate of drug-likeness (QED) is 0.911. The topological polar surface area (TPSA) is 24.5 Å². The third-order valence-electron chi connectivity index (χ3n) is 4.06. The van der Waals surface area contributed by atoms with Gasteiger partial charge in [0.15, 0.2) is 0 Å². The summed E-state index contributed by atoms with van der Waals surface area (Å²) in [7, 11) is 2.04. The van der Waals surface area contributed by atoms with Gasteiger partial charge in [-0.2, -0.15) is 0 Å². The van der Waals surface area contributed by atoms with Gasteiger partial charge in [-0.25, -0.2) is 0 Å². The molecule has 3 heteroatoms. The minimum atomic E-state index is 0.465. The molecule has 1 atom stereocenters. The van der Waals surface area contributed by atoms with Crippen molar-refractivity contribution in [3.05, 3.63) is 60.2 Å². The molecule has 3 nitrogen and oxygen atoms in total. The van der Waals surface area contributed by atoms with E-state index in [1.54, 1.807) is 0 Å². The monoisotopic (exact) mass is 282 g/mol. The van der Waals surface area contributed by atoms with Gasteiger partial charge in [0, 0.05) is 18.3 Å². The molecular formula is C18H22N2O. The van der Waals surface area contributed by atoms with Crippen LogP contribution in [0.25, 0.3) is 0 Å². The first kappa shape index (κ1) is 14.0. The fraction of sp³-hybridized carbons (Fsp3) is 0.333. The first-order valence-corrected chi connectivity index (χ1v) is 7.57. The second kappa shape index (κ2) is 6.64. The molecule has 1 heterocycles. The molecule has 0 radical (unpaired) electrons. The summed E-state index contributed by atoms with van der Waals surface area (Å²) in [6, 6.07) is 19.1. The van der Waals surface area contributed by atoms with Crippen LogP contribution in [0, 0.1) is 0 Å². The first-order valence-electron chi connectivity index (χ1n) is 7.57. The highest BCUT2D eigenvalue weighted by Crippen LogP contribution is 2.33. The zero-order valence-electron chi connectivity index (χ0n) is 12.5. The standard InChI is InChI=1S/C18H22N2O/c1-19-17-11-12-20(18-10-6-5-9-16(17)18)13-14-21-15-7-3-2-4-8-15/h2-10,17,19H,11-14H2,1H3. The smallest absolute Gasteiger partial charge is 0.119 e. The molecule has 0 aromatic heterocycles. The summed E-state index contributed by atoms with van der Waals surface area (Å²) >= 11 is 0. The maximum absolute atomic E-state index is 5.82. The van der Waals surface area contributed by atoms with Gasteiger partial charge in [-0.3, -0.25) is 0 Å². The number of hydrogen-bond acceptors (Lipinski definition) is 3. The lowest BCUT2D eigenvalue weighted by Gasteiger charge is -2.35. The van der Waals surface area contributed by atoms with Crippen LogP contribution in [0.3, 0.4) is 0 Å². The van der Waals surface area contributed by atoms with E-state index in [0.717, 1.165) is 25.3 Å². The number of anilines is 1. The number of benzene rings is 2. The third kappa shape index (κ3) is 3.19. The van der Waals surface area contributed by atoms with Crippen molar-refractivity contribution >= 4 is 5.69 Å². The highest BCUT2D eigenvalue weighted by Gasteiger charge is 2.23. The van der Waals surface area contributed by atoms with E-state index in [2.05, 4.69) is 34.5 Å². The third-order valence-corrected chi connectivity index (χ3v) is 4.06. The maximum Gasteiger partial charge on any atom is 0.119 e. The lowest BCUT2D eigenvalue weighted by molar-refractivity contribution is 0.321. The van der Waals surface area contributed by atoms with Gasteiger partial charge in [0.25, 0.3) is 0 Å². The Morgan fingerprint density at radius 2 is 1.86 bits per heavy atom. The normalized spacial score (nSPS) is 17.4. The van der Waals surface area contributed by atoms with Crippen LogP contribution in [-0.4, -0.2) is 26.7 Å². The van der Waals surface area contributed by atoms with Crippen molar-refractivity contribution in [1.82, 2.24) is 5.32 Å². The van der Waals surface area contributed by atoms with Crippen LogP contribution in [0.5, 0.6) is 5.75 Å². The minimum Gasteiger partial charge on any atom is -0.492 e. The van der Waals surface area contributed by atoms with Crippen LogP contribution >= 0.6 is 0 Å². The SMILES string of the molecule is CNC1CCN(CCOc2ccccc2)c2ccccc21. The highest BCUT2D eigenvalue weighted by atomic mass is 16.5. The number of para-hydroxylation sites is 2. The van der Waals surface area contributed by atoms with Crippen LogP contribution in [0.1, 0.15) is 18.0 Å². The predicted octanol–water partition coefficient (Wildman–Crippen LogP) is 3.24. The summed E-state index contributed by atoms with van der Waals surface area (Å²) in [5.41, 5.74) is 2.73. The molecule has 2 aromatic carbocycles. The largest absolute Gasteiger partial charge is 0.492 e. The number of nitrogens with zero attached hydrogens (tertiary/aromatic N) is 1. The van der Waals surface area contributed by atoms with Gasteiger partial charge in [0.2, 0.25) is 0 Å². The highest BCUT2D eigenvalue weighted by molar-refractivity contribution is 5.57. The van der Waals surface area contributed by atoms with E-state index >= 15 is 0 Å². The molecular weight excluding hydrogens is 260 g/mol. The molecule has 1 unspecified atom stereocenters. The van der Waals surface area contributed by atoms with Gasteiger partial charge in [0.1, 0.15) is 12.4 Å². The molecule has 1 aliphatic rings. The van der Waals surface area contributed by atoms with E-state index in [1.807, 2.05) is 37.4 Å². The molecule has 2 aromatic rings. The molecule has 0 saturated heterocycles. The summed E-state index contributed by atoms with van der Waals surface area (Å²) in [5.74, 6) is 0.941. The van der Waals surface area contributed by atoms with Gasteiger partial charge in [-0.15, -0.1) is 0 Å². The van der Waals surface area contributed by atoms with Gasteiger partial charge in [-0.1, -0.05) is 36.4 Å². The van der Waals surface area contributed by atoms with Crippen molar-refractivity contribution in [3.63, 3.8) is 0 Å². The Labute approximate surface area is 126 Å². The van der Waals surface area contributed by atoms with Crippen LogP contribution in [0.4, 0.5) is 5.69 Å². The number of nitrogens with one attached hydrogen (secondary N) is 1. The second-order valence-electron chi connectivity index (χ2n) is 5.34. The number of fused-ring (bicyclic) bond motifs is 1. The van der Waals surface area contributed by atoms with Gasteiger partial charge in [0.05, 0.1) is 6.54 Å². The Morgan fingerprint density at radius 1 is 1.10 bits per heavy atom. The number of rotatable bonds is 5.